The van der Waals surface area contributed by atoms with Crippen molar-refractivity contribution in [1.82, 2.24) is 10.2 Å². The van der Waals surface area contributed by atoms with Crippen LogP contribution in [0.25, 0.3) is 0 Å². The second-order valence-electron chi connectivity index (χ2n) is 5.90. The van der Waals surface area contributed by atoms with Gasteiger partial charge in [-0.05, 0) is 30.9 Å². The molecular formula is C16H19FN2O3S. The fourth-order valence-corrected chi connectivity index (χ4v) is 4.25. The van der Waals surface area contributed by atoms with E-state index in [-0.39, 0.29) is 23.8 Å². The van der Waals surface area contributed by atoms with Crippen molar-refractivity contribution >= 4 is 23.8 Å². The summed E-state index contributed by atoms with van der Waals surface area (Å²) in [6.07, 6.45) is 1.72. The van der Waals surface area contributed by atoms with Crippen LogP contribution < -0.4 is 5.32 Å². The minimum absolute atomic E-state index is 0.188. The molecule has 0 spiro atoms. The summed E-state index contributed by atoms with van der Waals surface area (Å²) in [4.78, 5) is 25.6. The molecule has 3 rings (SSSR count). The number of piperidine rings is 1. The lowest BCUT2D eigenvalue weighted by atomic mass is 9.97. The monoisotopic (exact) mass is 338 g/mol. The second kappa shape index (κ2) is 6.78. The van der Waals surface area contributed by atoms with E-state index in [9.17, 15) is 14.0 Å². The molecule has 1 unspecified atom stereocenters. The molecule has 7 heteroatoms. The molecule has 1 atom stereocenters. The number of hydrogen-bond donors (Lipinski definition) is 2. The molecule has 124 valence electrons. The summed E-state index contributed by atoms with van der Waals surface area (Å²) >= 11 is 1.48. The van der Waals surface area contributed by atoms with E-state index in [0.717, 1.165) is 17.7 Å². The van der Waals surface area contributed by atoms with Gasteiger partial charge >= 0.3 is 12.0 Å². The zero-order valence-corrected chi connectivity index (χ0v) is 13.4. The highest BCUT2D eigenvalue weighted by atomic mass is 32.2. The van der Waals surface area contributed by atoms with Crippen LogP contribution in [0.2, 0.25) is 0 Å². The molecule has 2 N–H and O–H groups in total. The number of thioether (sulfide) groups is 1. The van der Waals surface area contributed by atoms with Crippen molar-refractivity contribution in [2.75, 3.05) is 18.8 Å². The Balaban J connectivity index is 1.64. The highest BCUT2D eigenvalue weighted by Crippen LogP contribution is 2.37. The highest BCUT2D eigenvalue weighted by molar-refractivity contribution is 7.99. The van der Waals surface area contributed by atoms with Gasteiger partial charge in [-0.15, -0.1) is 11.8 Å². The molecule has 2 amide bonds. The Labute approximate surface area is 138 Å². The number of aliphatic carboxylic acids is 1. The van der Waals surface area contributed by atoms with Gasteiger partial charge in [-0.3, -0.25) is 4.79 Å². The number of amides is 2. The third-order valence-electron chi connectivity index (χ3n) is 4.45. The molecule has 5 nitrogen and oxygen atoms in total. The van der Waals surface area contributed by atoms with Gasteiger partial charge in [0.1, 0.15) is 5.82 Å². The molecule has 1 fully saturated rings. The van der Waals surface area contributed by atoms with Crippen LogP contribution in [0.1, 0.15) is 30.9 Å². The maximum atomic E-state index is 13.9. The largest absolute Gasteiger partial charge is 0.481 e. The smallest absolute Gasteiger partial charge is 0.317 e. The normalized spacial score (nSPS) is 21.6. The number of rotatable bonds is 2. The van der Waals surface area contributed by atoms with Gasteiger partial charge < -0.3 is 15.3 Å². The molecule has 1 aromatic rings. The second-order valence-corrected chi connectivity index (χ2v) is 7.00. The van der Waals surface area contributed by atoms with E-state index in [0.29, 0.717) is 30.8 Å². The maximum Gasteiger partial charge on any atom is 0.317 e. The number of benzene rings is 1. The summed E-state index contributed by atoms with van der Waals surface area (Å²) in [6.45, 7) is 0.889. The molecular weight excluding hydrogens is 319 g/mol. The molecule has 23 heavy (non-hydrogen) atoms. The first-order valence-corrected chi connectivity index (χ1v) is 8.74. The number of halogens is 1. The van der Waals surface area contributed by atoms with Crippen LogP contribution >= 0.6 is 11.8 Å². The lowest BCUT2D eigenvalue weighted by Gasteiger charge is -2.33. The molecule has 2 aliphatic rings. The highest BCUT2D eigenvalue weighted by Gasteiger charge is 2.30. The first kappa shape index (κ1) is 16.1. The number of nitrogens with zero attached hydrogens (tertiary/aromatic N) is 1. The van der Waals surface area contributed by atoms with E-state index in [1.807, 2.05) is 6.07 Å². The Kier molecular flexibility index (Phi) is 4.75. The molecule has 0 saturated carbocycles. The van der Waals surface area contributed by atoms with Crippen LogP contribution in [0.3, 0.4) is 0 Å². The summed E-state index contributed by atoms with van der Waals surface area (Å²) in [5, 5.41) is 12.0. The zero-order valence-electron chi connectivity index (χ0n) is 12.6. The lowest BCUT2D eigenvalue weighted by molar-refractivity contribution is -0.143. The van der Waals surface area contributed by atoms with Crippen LogP contribution in [-0.4, -0.2) is 40.8 Å². The molecule has 2 aliphatic heterocycles. The minimum Gasteiger partial charge on any atom is -0.481 e. The minimum atomic E-state index is -0.793. The molecule has 0 bridgehead atoms. The van der Waals surface area contributed by atoms with Crippen molar-refractivity contribution in [3.05, 3.63) is 29.6 Å². The Morgan fingerprint density at radius 2 is 2.00 bits per heavy atom. The number of carbonyl (C=O) groups is 2. The van der Waals surface area contributed by atoms with E-state index in [1.165, 1.54) is 17.8 Å². The van der Waals surface area contributed by atoms with Gasteiger partial charge in [0.15, 0.2) is 0 Å². The molecule has 1 aromatic carbocycles. The number of nitrogens with one attached hydrogen (secondary N) is 1. The number of hydrogen-bond acceptors (Lipinski definition) is 3. The van der Waals surface area contributed by atoms with Gasteiger partial charge in [0.25, 0.3) is 0 Å². The Bertz CT molecular complexity index is 617. The molecule has 0 aliphatic carbocycles. The lowest BCUT2D eigenvalue weighted by Crippen LogP contribution is -2.46. The van der Waals surface area contributed by atoms with Gasteiger partial charge in [0.2, 0.25) is 0 Å². The molecule has 0 aromatic heterocycles. The van der Waals surface area contributed by atoms with Crippen LogP contribution in [0.5, 0.6) is 0 Å². The van der Waals surface area contributed by atoms with Gasteiger partial charge in [-0.25, -0.2) is 9.18 Å². The quantitative estimate of drug-likeness (QED) is 0.870. The average molecular weight is 338 g/mol. The van der Waals surface area contributed by atoms with Gasteiger partial charge in [-0.2, -0.15) is 0 Å². The van der Waals surface area contributed by atoms with Crippen molar-refractivity contribution < 1.29 is 19.1 Å². The SMILES string of the molecule is O=C(O)C1CCN(C(=O)NC2CCSc3c(F)cccc32)CC1. The van der Waals surface area contributed by atoms with Crippen molar-refractivity contribution in [2.45, 2.75) is 30.2 Å². The van der Waals surface area contributed by atoms with Crippen molar-refractivity contribution in [2.24, 2.45) is 5.92 Å². The van der Waals surface area contributed by atoms with Crippen LogP contribution in [-0.2, 0) is 4.79 Å². The van der Waals surface area contributed by atoms with Gasteiger partial charge in [0.05, 0.1) is 12.0 Å². The van der Waals surface area contributed by atoms with E-state index in [4.69, 9.17) is 5.11 Å². The average Bonchev–Trinajstić information content (AvgIpc) is 2.56. The standard InChI is InChI=1S/C16H19FN2O3S/c17-12-3-1-2-11-13(6-9-23-14(11)12)18-16(22)19-7-4-10(5-8-19)15(20)21/h1-3,10,13H,4-9H2,(H,18,22)(H,20,21). The van der Waals surface area contributed by atoms with Crippen molar-refractivity contribution in [3.8, 4) is 0 Å². The summed E-state index contributed by atoms with van der Waals surface area (Å²) < 4.78 is 13.9. The predicted octanol–water partition coefficient (Wildman–Crippen LogP) is 2.87. The topological polar surface area (TPSA) is 69.6 Å². The summed E-state index contributed by atoms with van der Waals surface area (Å²) in [6, 6.07) is 4.57. The maximum absolute atomic E-state index is 13.9. The summed E-state index contributed by atoms with van der Waals surface area (Å²) in [5.74, 6) is -0.632. The van der Waals surface area contributed by atoms with E-state index in [1.54, 1.807) is 11.0 Å². The fourth-order valence-electron chi connectivity index (χ4n) is 3.11. The molecule has 2 heterocycles. The van der Waals surface area contributed by atoms with Crippen LogP contribution in [0.4, 0.5) is 9.18 Å². The van der Waals surface area contributed by atoms with Gasteiger partial charge in [-0.1, -0.05) is 12.1 Å². The van der Waals surface area contributed by atoms with Gasteiger partial charge in [0, 0.05) is 23.7 Å². The number of carboxylic acids is 1. The number of carbonyl (C=O) groups excluding carboxylic acids is 1. The number of fused-ring (bicyclic) bond motifs is 1. The predicted molar refractivity (Wildman–Crippen MR) is 84.9 cm³/mol. The number of likely N-dealkylation sites (tertiary alicyclic amines) is 1. The molecule has 0 radical (unpaired) electrons. The third kappa shape index (κ3) is 3.44. The Hall–Kier alpha value is -1.76. The first-order valence-electron chi connectivity index (χ1n) is 7.75. The van der Waals surface area contributed by atoms with Crippen molar-refractivity contribution in [1.29, 1.82) is 0 Å². The van der Waals surface area contributed by atoms with E-state index < -0.39 is 5.97 Å². The molecule has 1 saturated heterocycles. The zero-order chi connectivity index (χ0) is 16.4. The number of urea groups is 1. The third-order valence-corrected chi connectivity index (χ3v) is 5.61. The van der Waals surface area contributed by atoms with E-state index >= 15 is 0 Å². The Morgan fingerprint density at radius 1 is 1.26 bits per heavy atom. The Morgan fingerprint density at radius 3 is 2.70 bits per heavy atom. The summed E-state index contributed by atoms with van der Waals surface area (Å²) in [7, 11) is 0. The summed E-state index contributed by atoms with van der Waals surface area (Å²) in [5.41, 5.74) is 0.829. The van der Waals surface area contributed by atoms with Crippen LogP contribution in [0, 0.1) is 11.7 Å². The van der Waals surface area contributed by atoms with Crippen LogP contribution in [0.15, 0.2) is 23.1 Å². The first-order chi connectivity index (χ1) is 11.1. The van der Waals surface area contributed by atoms with Crippen molar-refractivity contribution in [3.63, 3.8) is 0 Å². The number of carboxylic acid groups (broad SMARTS) is 1. The van der Waals surface area contributed by atoms with E-state index in [2.05, 4.69) is 5.32 Å². The fraction of sp³-hybridized carbons (Fsp3) is 0.500.